The van der Waals surface area contributed by atoms with Crippen molar-refractivity contribution in [2.75, 3.05) is 19.5 Å². The molecule has 0 spiro atoms. The third-order valence-electron chi connectivity index (χ3n) is 6.06. The smallest absolute Gasteiger partial charge is 0.335 e. The van der Waals surface area contributed by atoms with Gasteiger partial charge in [0.15, 0.2) is 0 Å². The van der Waals surface area contributed by atoms with Crippen LogP contribution in [-0.4, -0.2) is 31.2 Å². The Labute approximate surface area is 186 Å². The maximum Gasteiger partial charge on any atom is 0.335 e. The fourth-order valence-electron chi connectivity index (χ4n) is 3.97. The number of aryl methyl sites for hydroxylation is 1. The number of hydrogen-bond acceptors (Lipinski definition) is 4. The number of anilines is 1. The predicted molar refractivity (Wildman–Crippen MR) is 123 cm³/mol. The molecule has 2 N–H and O–H groups in total. The largest absolute Gasteiger partial charge is 0.497 e. The predicted octanol–water partition coefficient (Wildman–Crippen LogP) is 5.05. The lowest BCUT2D eigenvalue weighted by Crippen LogP contribution is -2.27. The first-order chi connectivity index (χ1) is 15.4. The second kappa shape index (κ2) is 8.38. The summed E-state index contributed by atoms with van der Waals surface area (Å²) in [6.07, 6.45) is 1.58. The zero-order valence-electron chi connectivity index (χ0n) is 18.3. The number of aromatic carboxylic acids is 1. The van der Waals surface area contributed by atoms with Crippen molar-refractivity contribution in [2.45, 2.75) is 25.2 Å². The Morgan fingerprint density at radius 3 is 2.22 bits per heavy atom. The third-order valence-corrected chi connectivity index (χ3v) is 6.06. The van der Waals surface area contributed by atoms with Crippen LogP contribution in [0.15, 0.2) is 60.7 Å². The minimum atomic E-state index is -1.01. The quantitative estimate of drug-likeness (QED) is 0.547. The minimum Gasteiger partial charge on any atom is -0.497 e. The molecule has 3 aromatic rings. The normalized spacial score (nSPS) is 13.8. The van der Waals surface area contributed by atoms with Gasteiger partial charge >= 0.3 is 5.97 Å². The van der Waals surface area contributed by atoms with Crippen molar-refractivity contribution in [1.29, 1.82) is 0 Å². The maximum absolute atomic E-state index is 13.2. The van der Waals surface area contributed by atoms with Gasteiger partial charge in [-0.15, -0.1) is 0 Å². The number of rotatable bonds is 7. The van der Waals surface area contributed by atoms with Crippen molar-refractivity contribution < 1.29 is 24.2 Å². The van der Waals surface area contributed by atoms with Gasteiger partial charge in [-0.05, 0) is 78.9 Å². The van der Waals surface area contributed by atoms with Crippen LogP contribution in [0.5, 0.6) is 11.5 Å². The van der Waals surface area contributed by atoms with E-state index in [1.54, 1.807) is 26.4 Å². The Morgan fingerprint density at radius 1 is 0.906 bits per heavy atom. The van der Waals surface area contributed by atoms with Gasteiger partial charge in [-0.25, -0.2) is 4.79 Å². The van der Waals surface area contributed by atoms with Crippen LogP contribution in [0.1, 0.15) is 34.3 Å². The number of hydrogen-bond donors (Lipinski definition) is 2. The van der Waals surface area contributed by atoms with Crippen LogP contribution >= 0.6 is 0 Å². The molecule has 0 unspecified atom stereocenters. The second-order valence-corrected chi connectivity index (χ2v) is 8.01. The summed E-state index contributed by atoms with van der Waals surface area (Å²) in [4.78, 5) is 24.7. The summed E-state index contributed by atoms with van der Waals surface area (Å²) in [6.45, 7) is 1.94. The summed E-state index contributed by atoms with van der Waals surface area (Å²) in [5.74, 6) is 0.263. The number of carbonyl (C=O) groups is 2. The molecule has 1 aliphatic carbocycles. The number of methoxy groups -OCH3 is 2. The Morgan fingerprint density at radius 2 is 1.62 bits per heavy atom. The van der Waals surface area contributed by atoms with Crippen LogP contribution in [-0.2, 0) is 10.2 Å². The first kappa shape index (κ1) is 21.4. The van der Waals surface area contributed by atoms with Crippen LogP contribution < -0.4 is 14.8 Å². The maximum atomic E-state index is 13.2. The highest BCUT2D eigenvalue weighted by atomic mass is 16.5. The molecule has 0 aliphatic heterocycles. The number of carboxylic acids is 1. The van der Waals surface area contributed by atoms with E-state index >= 15 is 0 Å². The van der Waals surface area contributed by atoms with E-state index in [0.29, 0.717) is 17.0 Å². The van der Waals surface area contributed by atoms with Gasteiger partial charge in [0, 0.05) is 11.3 Å². The topological polar surface area (TPSA) is 84.9 Å². The van der Waals surface area contributed by atoms with Crippen molar-refractivity contribution in [1.82, 2.24) is 0 Å². The van der Waals surface area contributed by atoms with E-state index in [-0.39, 0.29) is 11.5 Å². The van der Waals surface area contributed by atoms with Crippen molar-refractivity contribution in [3.05, 3.63) is 77.4 Å². The summed E-state index contributed by atoms with van der Waals surface area (Å²) in [5, 5.41) is 12.5. The molecule has 3 aromatic carbocycles. The monoisotopic (exact) mass is 431 g/mol. The van der Waals surface area contributed by atoms with Gasteiger partial charge in [0.25, 0.3) is 0 Å². The standard InChI is InChI=1S/C26H25NO5/c1-16-4-8-19(15-21(16)22-14-17(24(28)29)5-11-23(22)32-3)27-25(30)26(12-13-26)18-6-9-20(31-2)10-7-18/h4-11,14-15H,12-13H2,1-3H3,(H,27,30)(H,28,29). The van der Waals surface area contributed by atoms with Gasteiger partial charge in [0.05, 0.1) is 25.2 Å². The van der Waals surface area contributed by atoms with Crippen molar-refractivity contribution in [3.8, 4) is 22.6 Å². The Kier molecular flexibility index (Phi) is 5.61. The summed E-state index contributed by atoms with van der Waals surface area (Å²) in [7, 11) is 3.16. The van der Waals surface area contributed by atoms with Gasteiger partial charge < -0.3 is 19.9 Å². The lowest BCUT2D eigenvalue weighted by atomic mass is 9.94. The highest BCUT2D eigenvalue weighted by Gasteiger charge is 2.51. The molecule has 0 radical (unpaired) electrons. The number of amides is 1. The van der Waals surface area contributed by atoms with Crippen LogP contribution in [0.3, 0.4) is 0 Å². The van der Waals surface area contributed by atoms with E-state index in [0.717, 1.165) is 35.3 Å². The van der Waals surface area contributed by atoms with Crippen LogP contribution in [0.25, 0.3) is 11.1 Å². The lowest BCUT2D eigenvalue weighted by molar-refractivity contribution is -0.118. The van der Waals surface area contributed by atoms with Gasteiger partial charge in [0.2, 0.25) is 5.91 Å². The van der Waals surface area contributed by atoms with Gasteiger partial charge in [-0.1, -0.05) is 18.2 Å². The summed E-state index contributed by atoms with van der Waals surface area (Å²) >= 11 is 0. The molecule has 1 aliphatic rings. The molecule has 1 fully saturated rings. The molecule has 1 amide bonds. The van der Waals surface area contributed by atoms with Crippen molar-refractivity contribution in [2.24, 2.45) is 0 Å². The molecule has 0 atom stereocenters. The number of carbonyl (C=O) groups excluding carboxylic acids is 1. The molecule has 0 saturated heterocycles. The average Bonchev–Trinajstić information content (AvgIpc) is 3.62. The van der Waals surface area contributed by atoms with E-state index in [4.69, 9.17) is 9.47 Å². The van der Waals surface area contributed by atoms with Crippen LogP contribution in [0.2, 0.25) is 0 Å². The highest BCUT2D eigenvalue weighted by molar-refractivity contribution is 6.02. The van der Waals surface area contributed by atoms with Gasteiger partial charge in [0.1, 0.15) is 11.5 Å². The molecule has 0 heterocycles. The molecule has 1 saturated carbocycles. The highest BCUT2D eigenvalue weighted by Crippen LogP contribution is 2.49. The second-order valence-electron chi connectivity index (χ2n) is 8.01. The Bertz CT molecular complexity index is 1180. The first-order valence-corrected chi connectivity index (χ1v) is 10.4. The van der Waals surface area contributed by atoms with Gasteiger partial charge in [-0.2, -0.15) is 0 Å². The van der Waals surface area contributed by atoms with Crippen molar-refractivity contribution >= 4 is 17.6 Å². The number of nitrogens with one attached hydrogen (secondary N) is 1. The fourth-order valence-corrected chi connectivity index (χ4v) is 3.97. The van der Waals surface area contributed by atoms with Crippen LogP contribution in [0, 0.1) is 6.92 Å². The zero-order valence-corrected chi connectivity index (χ0v) is 18.3. The Hall–Kier alpha value is -3.80. The molecular weight excluding hydrogens is 406 g/mol. The first-order valence-electron chi connectivity index (χ1n) is 10.4. The molecule has 6 nitrogen and oxygen atoms in total. The summed E-state index contributed by atoms with van der Waals surface area (Å²) in [6, 6.07) is 18.0. The molecular formula is C26H25NO5. The lowest BCUT2D eigenvalue weighted by Gasteiger charge is -2.18. The molecule has 164 valence electrons. The Balaban J connectivity index is 1.64. The molecule has 0 aromatic heterocycles. The van der Waals surface area contributed by atoms with E-state index in [1.807, 2.05) is 49.4 Å². The molecule has 32 heavy (non-hydrogen) atoms. The van der Waals surface area contributed by atoms with Crippen molar-refractivity contribution in [3.63, 3.8) is 0 Å². The average molecular weight is 431 g/mol. The number of ether oxygens (including phenoxy) is 2. The SMILES string of the molecule is COc1ccc(C2(C(=O)Nc3ccc(C)c(-c4cc(C(=O)O)ccc4OC)c3)CC2)cc1. The molecule has 4 rings (SSSR count). The summed E-state index contributed by atoms with van der Waals surface area (Å²) < 4.78 is 10.7. The van der Waals surface area contributed by atoms with Gasteiger partial charge in [-0.3, -0.25) is 4.79 Å². The minimum absolute atomic E-state index is 0.0521. The van der Waals surface area contributed by atoms with Crippen LogP contribution in [0.4, 0.5) is 5.69 Å². The molecule has 0 bridgehead atoms. The number of benzene rings is 3. The van der Waals surface area contributed by atoms with E-state index < -0.39 is 11.4 Å². The molecule has 6 heteroatoms. The van der Waals surface area contributed by atoms with E-state index in [1.165, 1.54) is 6.07 Å². The third kappa shape index (κ3) is 3.91. The van der Waals surface area contributed by atoms with E-state index in [9.17, 15) is 14.7 Å². The number of carboxylic acid groups (broad SMARTS) is 1. The summed E-state index contributed by atoms with van der Waals surface area (Å²) in [5.41, 5.74) is 3.68. The zero-order chi connectivity index (χ0) is 22.9. The fraction of sp³-hybridized carbons (Fsp3) is 0.231. The van der Waals surface area contributed by atoms with E-state index in [2.05, 4.69) is 5.32 Å².